The van der Waals surface area contributed by atoms with Crippen molar-refractivity contribution >= 4 is 76.0 Å². The number of aliphatic hydroxyl groups excluding tert-OH is 8. The Balaban J connectivity index is 0.0000150. The number of anilines is 1. The number of aromatic nitrogens is 6. The Bertz CT molecular complexity index is 3150. The van der Waals surface area contributed by atoms with Crippen LogP contribution in [0.5, 0.6) is 0 Å². The Labute approximate surface area is 534 Å². The van der Waals surface area contributed by atoms with Gasteiger partial charge in [-0.2, -0.15) is 0 Å². The fourth-order valence-corrected chi connectivity index (χ4v) is 10.7. The molecule has 91 heavy (non-hydrogen) atoms. The van der Waals surface area contributed by atoms with Gasteiger partial charge in [-0.1, -0.05) is 6.92 Å². The predicted octanol–water partition coefficient (Wildman–Crippen LogP) is -8.01. The number of ether oxygens (including phenoxy) is 5. The Kier molecular flexibility index (Phi) is 27.4. The molecular formula is C50H72CuN16O22S2. The predicted molar refractivity (Wildman–Crippen MR) is 305 cm³/mol. The number of carboxylic acid groups (broad SMARTS) is 1. The second-order valence-electron chi connectivity index (χ2n) is 20.8. The van der Waals surface area contributed by atoms with Crippen molar-refractivity contribution in [3.8, 4) is 10.7 Å². The van der Waals surface area contributed by atoms with Crippen molar-refractivity contribution < 1.29 is 125 Å². The number of nitrogen functional groups attached to an aromatic ring is 1. The van der Waals surface area contributed by atoms with Crippen LogP contribution in [-0.4, -0.2) is 247 Å². The molecule has 2 aliphatic heterocycles. The van der Waals surface area contributed by atoms with Crippen LogP contribution in [0.2, 0.25) is 0 Å². The smallest absolute Gasteiger partial charge is 0.404 e. The number of rotatable bonds is 31. The van der Waals surface area contributed by atoms with Crippen molar-refractivity contribution in [1.29, 1.82) is 0 Å². The fraction of sp³-hybridized carbons (Fsp3) is 0.580. The molecule has 19 atom stereocenters. The first-order valence-corrected chi connectivity index (χ1v) is 29.1. The summed E-state index contributed by atoms with van der Waals surface area (Å²) in [5.74, 6) is -9.68. The third kappa shape index (κ3) is 19.0. The van der Waals surface area contributed by atoms with Crippen LogP contribution in [-0.2, 0) is 71.1 Å². The summed E-state index contributed by atoms with van der Waals surface area (Å²) in [6.07, 6.45) is -25.2. The zero-order valence-corrected chi connectivity index (χ0v) is 51.2. The minimum absolute atomic E-state index is 0. The van der Waals surface area contributed by atoms with Gasteiger partial charge in [0.15, 0.2) is 24.4 Å². The van der Waals surface area contributed by atoms with Gasteiger partial charge in [0.25, 0.3) is 5.91 Å². The summed E-state index contributed by atoms with van der Waals surface area (Å²) in [4.78, 5) is 128. The maximum absolute atomic E-state index is 15.1. The number of nitrogens with two attached hydrogens (primary N) is 5. The first-order chi connectivity index (χ1) is 42.5. The quantitative estimate of drug-likeness (QED) is 0.0208. The number of thiazole rings is 2. The van der Waals surface area contributed by atoms with Crippen LogP contribution in [0.1, 0.15) is 82.4 Å². The molecular weight excluding hydrogens is 1300 g/mol. The minimum atomic E-state index is -2.20. The topological polar surface area (TPSA) is 635 Å². The van der Waals surface area contributed by atoms with Crippen LogP contribution in [0.4, 0.5) is 10.6 Å². The largest absolute Gasteiger partial charge is 0.476 e. The molecule has 2 fully saturated rings. The van der Waals surface area contributed by atoms with Gasteiger partial charge in [-0.25, -0.2) is 34.5 Å². The molecule has 38 nitrogen and oxygen atoms in total. The van der Waals surface area contributed by atoms with Crippen LogP contribution >= 0.6 is 22.7 Å². The summed E-state index contributed by atoms with van der Waals surface area (Å²) in [5, 5.41) is 113. The molecule has 2 saturated heterocycles. The number of hydrogen-bond acceptors (Lipinski definition) is 31. The molecule has 4 aromatic heterocycles. The van der Waals surface area contributed by atoms with Crippen molar-refractivity contribution in [3.05, 3.63) is 56.8 Å². The number of primary amides is 3. The second kappa shape index (κ2) is 33.4. The molecule has 2 aliphatic rings. The Morgan fingerprint density at radius 2 is 1.47 bits per heavy atom. The molecule has 1 radical (unpaired) electrons. The van der Waals surface area contributed by atoms with Crippen LogP contribution in [0.15, 0.2) is 23.3 Å². The molecule has 0 saturated carbocycles. The Morgan fingerprint density at radius 3 is 2.07 bits per heavy atom. The number of carbonyl (C=O) groups is 8. The first-order valence-electron chi connectivity index (χ1n) is 27.4. The number of imidazole rings is 1. The molecule has 507 valence electrons. The van der Waals surface area contributed by atoms with Crippen molar-refractivity contribution in [3.63, 3.8) is 0 Å². The molecule has 4 aromatic rings. The van der Waals surface area contributed by atoms with Gasteiger partial charge in [-0.15, -0.1) is 22.7 Å². The minimum Gasteiger partial charge on any atom is -0.476 e. The van der Waals surface area contributed by atoms with E-state index in [0.29, 0.717) is 15.7 Å². The number of aromatic carboxylic acids is 1. The number of aromatic amines is 1. The van der Waals surface area contributed by atoms with Gasteiger partial charge in [0, 0.05) is 59.3 Å². The van der Waals surface area contributed by atoms with Crippen molar-refractivity contribution in [1.82, 2.24) is 56.5 Å². The van der Waals surface area contributed by atoms with Gasteiger partial charge < -0.3 is 130 Å². The maximum atomic E-state index is 15.1. The van der Waals surface area contributed by atoms with E-state index in [1.165, 1.54) is 44.4 Å². The SMILES string of the molecule is Cc1c(N)nc(C(CC(N)=O)NCC(N)C(N)=O)nc1C(=O)NC(C(=O)NC(C)C(O)C(C)C(=O)NC(C(=O)NCCc1nc(-c2nc(C(=O)O)cs2)cs1)C(C)O)C(OC1OC(CO)C(O)C(O)C1OC1OC(CO)C(O)C(OC(N)=O)C1O)c1cnc[nH]1.[Cu]. The van der Waals surface area contributed by atoms with Gasteiger partial charge in [-0.05, 0) is 20.8 Å². The third-order valence-corrected chi connectivity index (χ3v) is 16.0. The van der Waals surface area contributed by atoms with E-state index in [1.807, 2.05) is 0 Å². The molecule has 0 aliphatic carbocycles. The number of nitrogens with one attached hydrogen (secondary N) is 6. The van der Waals surface area contributed by atoms with Gasteiger partial charge in [-0.3, -0.25) is 28.8 Å². The second-order valence-corrected chi connectivity index (χ2v) is 22.6. The van der Waals surface area contributed by atoms with Gasteiger partial charge >= 0.3 is 12.1 Å². The third-order valence-electron chi connectivity index (χ3n) is 14.3. The number of carbonyl (C=O) groups excluding carboxylic acids is 7. The number of aliphatic hydroxyl groups is 8. The number of hydrogen-bond donors (Lipinski definition) is 20. The van der Waals surface area contributed by atoms with E-state index in [2.05, 4.69) is 56.5 Å². The number of carboxylic acids is 1. The van der Waals surface area contributed by atoms with Crippen LogP contribution in [0.25, 0.3) is 10.7 Å². The molecule has 7 amide bonds. The average molecular weight is 1380 g/mol. The van der Waals surface area contributed by atoms with E-state index >= 15 is 4.79 Å². The summed E-state index contributed by atoms with van der Waals surface area (Å²) >= 11 is 2.29. The molecule has 25 N–H and O–H groups in total. The molecule has 0 aromatic carbocycles. The van der Waals surface area contributed by atoms with Gasteiger partial charge in [0.05, 0.1) is 72.7 Å². The molecule has 0 bridgehead atoms. The van der Waals surface area contributed by atoms with E-state index in [0.717, 1.165) is 23.9 Å². The van der Waals surface area contributed by atoms with Crippen molar-refractivity contribution in [2.75, 3.05) is 32.0 Å². The summed E-state index contributed by atoms with van der Waals surface area (Å²) < 4.78 is 28.6. The molecule has 6 rings (SSSR count). The fourth-order valence-electron chi connectivity index (χ4n) is 9.14. The molecule has 0 spiro atoms. The van der Waals surface area contributed by atoms with Gasteiger partial charge in [0.2, 0.25) is 29.5 Å². The van der Waals surface area contributed by atoms with E-state index in [4.69, 9.17) is 52.4 Å². The zero-order chi connectivity index (χ0) is 66.6. The first kappa shape index (κ1) is 74.6. The summed E-state index contributed by atoms with van der Waals surface area (Å²) in [6.45, 7) is 2.55. The van der Waals surface area contributed by atoms with E-state index in [-0.39, 0.29) is 65.2 Å². The molecule has 41 heteroatoms. The monoisotopic (exact) mass is 1380 g/mol. The maximum Gasteiger partial charge on any atom is 0.404 e. The molecule has 19 unspecified atom stereocenters. The summed E-state index contributed by atoms with van der Waals surface area (Å²) in [6, 6.07) is -7.88. The summed E-state index contributed by atoms with van der Waals surface area (Å²) in [7, 11) is 0. The van der Waals surface area contributed by atoms with Gasteiger partial charge in [0.1, 0.15) is 89.0 Å². The number of amides is 7. The average Bonchev–Trinajstić information content (AvgIpc) is 1.08. The standard InChI is InChI=1S/C50H72N16O22S2.Cu/c1-15-28(63-41(66-39(15)53)20(7-26(52)70)58-8-19(51)40(54)76)44(79)65-30(36(21-9-56-14-59-21)86-49-38(34(74)32(72)24(10-67)85-49)87-48-35(75)37(88-50(55)83)33(73)25(11-68)84-48)45(80)60-17(3)31(71)16(2)42(77)64-29(18(4)69)43(78)57-6-5-27-61-22(12-89-27)46-62-23(13-90-46)47(81)82;/h9,12-14,16-20,24-25,29-38,48-49,58,67-69,71-75H,5-8,10-11,51H2,1-4H3,(H2,52,70)(H2,54,76)(H2,55,83)(H,56,59)(H,57,78)(H,60,80)(H,64,77)(H,65,79)(H,81,82)(H2,53,63,66);. The molecule has 6 heterocycles. The summed E-state index contributed by atoms with van der Waals surface area (Å²) in [5.41, 5.74) is 27.5. The van der Waals surface area contributed by atoms with E-state index < -0.39 is 189 Å². The van der Waals surface area contributed by atoms with Crippen molar-refractivity contribution in [2.24, 2.45) is 28.9 Å². The van der Waals surface area contributed by atoms with Crippen molar-refractivity contribution in [2.45, 2.75) is 150 Å². The Hall–Kier alpha value is -7.13. The zero-order valence-electron chi connectivity index (χ0n) is 48.6. The normalized spacial score (nSPS) is 24.5. The van der Waals surface area contributed by atoms with Crippen LogP contribution < -0.4 is 55.3 Å². The van der Waals surface area contributed by atoms with Crippen LogP contribution in [0.3, 0.4) is 0 Å². The van der Waals surface area contributed by atoms with E-state index in [1.54, 1.807) is 5.38 Å². The number of nitrogens with zero attached hydrogens (tertiary/aromatic N) is 5. The van der Waals surface area contributed by atoms with E-state index in [9.17, 15) is 79.5 Å². The number of H-pyrrole nitrogens is 1. The van der Waals surface area contributed by atoms with Crippen LogP contribution in [0, 0.1) is 12.8 Å². The Morgan fingerprint density at radius 1 is 0.802 bits per heavy atom.